The Hall–Kier alpha value is -1.52. The fourth-order valence-electron chi connectivity index (χ4n) is 1.99. The van der Waals surface area contributed by atoms with Crippen LogP contribution in [0.5, 0.6) is 0 Å². The van der Waals surface area contributed by atoms with Crippen molar-refractivity contribution in [1.82, 2.24) is 15.5 Å². The Balaban J connectivity index is 1.68. The Morgan fingerprint density at radius 2 is 2.29 bits per heavy atom. The molecule has 1 heterocycles. The summed E-state index contributed by atoms with van der Waals surface area (Å²) in [5.74, 6) is 0.337. The van der Waals surface area contributed by atoms with E-state index in [-0.39, 0.29) is 5.91 Å². The molecular formula is C12H18N4O. The molecule has 5 heteroatoms. The SMILES string of the molecule is CC1(CNC(=O)c2n[nH]c(C3CC3)c2N)CC1. The van der Waals surface area contributed by atoms with Crippen molar-refractivity contribution < 1.29 is 4.79 Å². The molecule has 0 unspecified atom stereocenters. The second kappa shape index (κ2) is 3.48. The van der Waals surface area contributed by atoms with Gasteiger partial charge in [0.2, 0.25) is 0 Å². The van der Waals surface area contributed by atoms with Gasteiger partial charge in [0.15, 0.2) is 5.69 Å². The van der Waals surface area contributed by atoms with Gasteiger partial charge in [0.05, 0.1) is 11.4 Å². The highest BCUT2D eigenvalue weighted by molar-refractivity contribution is 5.97. The summed E-state index contributed by atoms with van der Waals surface area (Å²) in [5.41, 5.74) is 8.08. The largest absolute Gasteiger partial charge is 0.395 e. The molecule has 17 heavy (non-hydrogen) atoms. The zero-order valence-corrected chi connectivity index (χ0v) is 10.0. The van der Waals surface area contributed by atoms with Crippen LogP contribution in [0, 0.1) is 5.41 Å². The predicted octanol–water partition coefficient (Wildman–Crippen LogP) is 1.40. The lowest BCUT2D eigenvalue weighted by molar-refractivity contribution is 0.0942. The number of aromatic amines is 1. The van der Waals surface area contributed by atoms with E-state index in [1.54, 1.807) is 0 Å². The molecule has 0 aromatic carbocycles. The molecule has 92 valence electrons. The van der Waals surface area contributed by atoms with Crippen LogP contribution in [-0.4, -0.2) is 22.6 Å². The van der Waals surface area contributed by atoms with E-state index in [0.29, 0.717) is 22.7 Å². The molecule has 0 atom stereocenters. The quantitative estimate of drug-likeness (QED) is 0.736. The molecule has 0 bridgehead atoms. The fourth-order valence-corrected chi connectivity index (χ4v) is 1.99. The number of nitrogens with one attached hydrogen (secondary N) is 2. The maximum Gasteiger partial charge on any atom is 0.273 e. The van der Waals surface area contributed by atoms with Gasteiger partial charge in [-0.3, -0.25) is 9.89 Å². The zero-order valence-electron chi connectivity index (χ0n) is 10.0. The third kappa shape index (κ3) is 2.01. The van der Waals surface area contributed by atoms with Gasteiger partial charge >= 0.3 is 0 Å². The summed E-state index contributed by atoms with van der Waals surface area (Å²) in [6.07, 6.45) is 4.67. The number of nitrogens with two attached hydrogens (primary N) is 1. The number of nitrogens with zero attached hydrogens (tertiary/aromatic N) is 1. The monoisotopic (exact) mass is 234 g/mol. The first-order chi connectivity index (χ1) is 8.09. The van der Waals surface area contributed by atoms with Gasteiger partial charge in [-0.05, 0) is 31.1 Å². The lowest BCUT2D eigenvalue weighted by atomic mass is 10.1. The van der Waals surface area contributed by atoms with Crippen LogP contribution in [0.15, 0.2) is 0 Å². The van der Waals surface area contributed by atoms with Gasteiger partial charge in [-0.2, -0.15) is 5.10 Å². The summed E-state index contributed by atoms with van der Waals surface area (Å²) < 4.78 is 0. The number of hydrogen-bond acceptors (Lipinski definition) is 3. The standard InChI is InChI=1S/C12H18N4O/c1-12(4-5-12)6-14-11(17)10-8(13)9(15-16-10)7-2-3-7/h7H,2-6,13H2,1H3,(H,14,17)(H,15,16). The lowest BCUT2D eigenvalue weighted by Gasteiger charge is -2.08. The molecule has 4 N–H and O–H groups in total. The molecule has 3 rings (SSSR count). The molecule has 2 aliphatic carbocycles. The Morgan fingerprint density at radius 1 is 1.59 bits per heavy atom. The summed E-state index contributed by atoms with van der Waals surface area (Å²) in [6.45, 7) is 2.90. The van der Waals surface area contributed by atoms with E-state index in [9.17, 15) is 4.79 Å². The van der Waals surface area contributed by atoms with E-state index >= 15 is 0 Å². The van der Waals surface area contributed by atoms with Gasteiger partial charge in [-0.15, -0.1) is 0 Å². The molecule has 2 fully saturated rings. The minimum atomic E-state index is -0.154. The summed E-state index contributed by atoms with van der Waals surface area (Å²) in [5, 5.41) is 9.84. The first-order valence-corrected chi connectivity index (χ1v) is 6.21. The number of amides is 1. The van der Waals surface area contributed by atoms with Crippen LogP contribution < -0.4 is 11.1 Å². The molecule has 0 radical (unpaired) electrons. The van der Waals surface area contributed by atoms with Crippen LogP contribution >= 0.6 is 0 Å². The number of carbonyl (C=O) groups is 1. The first-order valence-electron chi connectivity index (χ1n) is 6.21. The van der Waals surface area contributed by atoms with E-state index in [2.05, 4.69) is 22.4 Å². The van der Waals surface area contributed by atoms with Gasteiger partial charge in [0.25, 0.3) is 5.91 Å². The maximum absolute atomic E-state index is 11.9. The summed E-state index contributed by atoms with van der Waals surface area (Å²) >= 11 is 0. The highest BCUT2D eigenvalue weighted by atomic mass is 16.1. The predicted molar refractivity (Wildman–Crippen MR) is 64.6 cm³/mol. The molecule has 1 amide bonds. The molecule has 5 nitrogen and oxygen atoms in total. The Kier molecular flexibility index (Phi) is 2.18. The topological polar surface area (TPSA) is 83.8 Å². The molecule has 2 aliphatic rings. The molecule has 1 aromatic heterocycles. The number of aromatic nitrogens is 2. The highest BCUT2D eigenvalue weighted by Crippen LogP contribution is 2.44. The van der Waals surface area contributed by atoms with Crippen LogP contribution in [0.2, 0.25) is 0 Å². The van der Waals surface area contributed by atoms with Crippen LogP contribution in [0.1, 0.15) is 54.7 Å². The van der Waals surface area contributed by atoms with Crippen molar-refractivity contribution in [2.75, 3.05) is 12.3 Å². The maximum atomic E-state index is 11.9. The van der Waals surface area contributed by atoms with Crippen LogP contribution in [0.4, 0.5) is 5.69 Å². The minimum Gasteiger partial charge on any atom is -0.395 e. The molecule has 0 saturated heterocycles. The van der Waals surface area contributed by atoms with Gasteiger partial charge < -0.3 is 11.1 Å². The summed E-state index contributed by atoms with van der Waals surface area (Å²) in [7, 11) is 0. The number of hydrogen-bond donors (Lipinski definition) is 3. The number of carbonyl (C=O) groups excluding carboxylic acids is 1. The van der Waals surface area contributed by atoms with Crippen molar-refractivity contribution in [3.63, 3.8) is 0 Å². The molecule has 2 saturated carbocycles. The van der Waals surface area contributed by atoms with E-state index in [1.807, 2.05) is 0 Å². The average molecular weight is 234 g/mol. The average Bonchev–Trinajstić information content (AvgIpc) is 3.20. The normalized spacial score (nSPS) is 21.2. The highest BCUT2D eigenvalue weighted by Gasteiger charge is 2.38. The van der Waals surface area contributed by atoms with Gasteiger partial charge in [0.1, 0.15) is 0 Å². The van der Waals surface area contributed by atoms with Gasteiger partial charge in [0, 0.05) is 12.5 Å². The third-order valence-electron chi connectivity index (χ3n) is 3.81. The second-order valence-electron chi connectivity index (χ2n) is 5.67. The Labute approximate surface area is 100 Å². The zero-order chi connectivity index (χ0) is 12.0. The van der Waals surface area contributed by atoms with Crippen molar-refractivity contribution >= 4 is 11.6 Å². The van der Waals surface area contributed by atoms with Gasteiger partial charge in [-0.1, -0.05) is 6.92 Å². The summed E-state index contributed by atoms with van der Waals surface area (Å²) in [6, 6.07) is 0. The smallest absolute Gasteiger partial charge is 0.273 e. The Morgan fingerprint density at radius 3 is 2.88 bits per heavy atom. The van der Waals surface area contributed by atoms with E-state index in [0.717, 1.165) is 25.1 Å². The van der Waals surface area contributed by atoms with Crippen molar-refractivity contribution in [2.45, 2.75) is 38.5 Å². The minimum absolute atomic E-state index is 0.154. The van der Waals surface area contributed by atoms with E-state index in [4.69, 9.17) is 5.73 Å². The fraction of sp³-hybridized carbons (Fsp3) is 0.667. The van der Waals surface area contributed by atoms with Gasteiger partial charge in [-0.25, -0.2) is 0 Å². The lowest BCUT2D eigenvalue weighted by Crippen LogP contribution is -2.29. The van der Waals surface area contributed by atoms with Crippen LogP contribution in [0.25, 0.3) is 0 Å². The number of anilines is 1. The third-order valence-corrected chi connectivity index (χ3v) is 3.81. The summed E-state index contributed by atoms with van der Waals surface area (Å²) in [4.78, 5) is 11.9. The second-order valence-corrected chi connectivity index (χ2v) is 5.67. The van der Waals surface area contributed by atoms with Crippen LogP contribution in [-0.2, 0) is 0 Å². The molecule has 0 spiro atoms. The van der Waals surface area contributed by atoms with Crippen LogP contribution in [0.3, 0.4) is 0 Å². The molecular weight excluding hydrogens is 216 g/mol. The molecule has 0 aliphatic heterocycles. The van der Waals surface area contributed by atoms with Crippen molar-refractivity contribution in [3.8, 4) is 0 Å². The first kappa shape index (κ1) is 10.6. The van der Waals surface area contributed by atoms with Crippen molar-refractivity contribution in [3.05, 3.63) is 11.4 Å². The Bertz CT molecular complexity index is 457. The molecule has 1 aromatic rings. The number of H-pyrrole nitrogens is 1. The van der Waals surface area contributed by atoms with Crippen molar-refractivity contribution in [2.24, 2.45) is 5.41 Å². The van der Waals surface area contributed by atoms with Crippen molar-refractivity contribution in [1.29, 1.82) is 0 Å². The van der Waals surface area contributed by atoms with E-state index in [1.165, 1.54) is 12.8 Å². The number of nitrogen functional groups attached to an aromatic ring is 1. The number of rotatable bonds is 4. The van der Waals surface area contributed by atoms with E-state index < -0.39 is 0 Å².